The molecule has 1 aromatic carbocycles. The van der Waals surface area contributed by atoms with Gasteiger partial charge in [-0.1, -0.05) is 12.1 Å². The fourth-order valence-corrected chi connectivity index (χ4v) is 2.74. The number of aliphatic hydroxyl groups excluding tert-OH is 1. The molecule has 1 atom stereocenters. The van der Waals surface area contributed by atoms with E-state index in [-0.39, 0.29) is 12.6 Å². The molecular weight excluding hydrogens is 260 g/mol. The molecule has 1 unspecified atom stereocenters. The second-order valence-electron chi connectivity index (χ2n) is 4.66. The maximum Gasteiger partial charge on any atom is 0.173 e. The van der Waals surface area contributed by atoms with E-state index in [9.17, 15) is 5.11 Å². The van der Waals surface area contributed by atoms with Crippen LogP contribution in [0.15, 0.2) is 24.3 Å². The summed E-state index contributed by atoms with van der Waals surface area (Å²) in [5.41, 5.74) is 0.859. The number of aliphatic hydroxyl groups is 1. The van der Waals surface area contributed by atoms with Crippen molar-refractivity contribution < 1.29 is 9.84 Å². The Bertz CT molecular complexity index is 439. The molecule has 2 rings (SSSR count). The Kier molecular flexibility index (Phi) is 4.99. The molecule has 0 radical (unpaired) electrons. The third-order valence-electron chi connectivity index (χ3n) is 3.45. The van der Waals surface area contributed by atoms with Crippen LogP contribution in [0.3, 0.4) is 0 Å². The zero-order valence-corrected chi connectivity index (χ0v) is 11.9. The Balaban J connectivity index is 2.07. The smallest absolute Gasteiger partial charge is 0.173 e. The fourth-order valence-electron chi connectivity index (χ4n) is 2.39. The molecule has 1 fully saturated rings. The minimum absolute atomic E-state index is 0.128. The fraction of sp³-hybridized carbons (Fsp3) is 0.500. The van der Waals surface area contributed by atoms with Crippen molar-refractivity contribution in [2.24, 2.45) is 0 Å². The number of hydrogen-bond donors (Lipinski definition) is 2. The Labute approximate surface area is 119 Å². The van der Waals surface area contributed by atoms with Gasteiger partial charge in [0.25, 0.3) is 0 Å². The number of anilines is 1. The van der Waals surface area contributed by atoms with E-state index in [4.69, 9.17) is 17.0 Å². The first kappa shape index (κ1) is 14.1. The number of nitrogens with zero attached hydrogens (tertiary/aromatic N) is 1. The van der Waals surface area contributed by atoms with Crippen molar-refractivity contribution >= 4 is 23.0 Å². The first-order chi connectivity index (χ1) is 9.26. The van der Waals surface area contributed by atoms with E-state index >= 15 is 0 Å². The number of likely N-dealkylation sites (tertiary alicyclic amines) is 1. The Hall–Kier alpha value is -1.33. The molecule has 1 heterocycles. The third kappa shape index (κ3) is 3.36. The van der Waals surface area contributed by atoms with Crippen LogP contribution in [0.25, 0.3) is 0 Å². The molecule has 0 aromatic heterocycles. The van der Waals surface area contributed by atoms with Crippen LogP contribution in [0.2, 0.25) is 0 Å². The average molecular weight is 280 g/mol. The van der Waals surface area contributed by atoms with Crippen LogP contribution < -0.4 is 10.1 Å². The molecule has 1 aliphatic rings. The molecule has 1 aromatic rings. The molecule has 0 aliphatic carbocycles. The van der Waals surface area contributed by atoms with Gasteiger partial charge in [-0.05, 0) is 43.6 Å². The van der Waals surface area contributed by atoms with Crippen LogP contribution in [-0.2, 0) is 0 Å². The molecule has 2 N–H and O–H groups in total. The number of para-hydroxylation sites is 2. The van der Waals surface area contributed by atoms with Gasteiger partial charge in [-0.15, -0.1) is 0 Å². The highest BCUT2D eigenvalue weighted by Gasteiger charge is 2.24. The Morgan fingerprint density at radius 3 is 3.00 bits per heavy atom. The number of benzene rings is 1. The Morgan fingerprint density at radius 1 is 1.47 bits per heavy atom. The molecule has 5 heteroatoms. The van der Waals surface area contributed by atoms with Gasteiger partial charge in [0.1, 0.15) is 5.75 Å². The van der Waals surface area contributed by atoms with Crippen LogP contribution in [-0.4, -0.2) is 41.4 Å². The summed E-state index contributed by atoms with van der Waals surface area (Å²) < 4.78 is 5.30. The molecule has 19 heavy (non-hydrogen) atoms. The van der Waals surface area contributed by atoms with E-state index in [2.05, 4.69) is 10.2 Å². The number of methoxy groups -OCH3 is 1. The molecule has 4 nitrogen and oxygen atoms in total. The van der Waals surface area contributed by atoms with Gasteiger partial charge in [0.2, 0.25) is 0 Å². The topological polar surface area (TPSA) is 44.7 Å². The lowest BCUT2D eigenvalue weighted by Gasteiger charge is -2.36. The minimum Gasteiger partial charge on any atom is -0.495 e. The van der Waals surface area contributed by atoms with Crippen LogP contribution >= 0.6 is 12.2 Å². The molecule has 104 valence electrons. The van der Waals surface area contributed by atoms with Crippen molar-refractivity contribution in [1.29, 1.82) is 0 Å². The molecule has 1 saturated heterocycles. The molecule has 0 spiro atoms. The van der Waals surface area contributed by atoms with Gasteiger partial charge in [0.15, 0.2) is 5.11 Å². The normalized spacial score (nSPS) is 19.1. The van der Waals surface area contributed by atoms with Crippen molar-refractivity contribution in [3.8, 4) is 5.75 Å². The molecular formula is C14H20N2O2S. The number of thiocarbonyl (C=S) groups is 1. The average Bonchev–Trinajstić information content (AvgIpc) is 2.47. The standard InChI is InChI=1S/C14H20N2O2S/c1-18-13-8-3-2-7-12(13)15-14(19)16-9-5-4-6-11(16)10-17/h2-3,7-8,11,17H,4-6,9-10H2,1H3,(H,15,19). The summed E-state index contributed by atoms with van der Waals surface area (Å²) in [7, 11) is 1.64. The predicted molar refractivity (Wildman–Crippen MR) is 80.6 cm³/mol. The van der Waals surface area contributed by atoms with Crippen LogP contribution in [0.1, 0.15) is 19.3 Å². The Morgan fingerprint density at radius 2 is 2.26 bits per heavy atom. The van der Waals surface area contributed by atoms with Crippen molar-refractivity contribution in [2.45, 2.75) is 25.3 Å². The summed E-state index contributed by atoms with van der Waals surface area (Å²) in [5.74, 6) is 0.766. The summed E-state index contributed by atoms with van der Waals surface area (Å²) in [4.78, 5) is 2.07. The van der Waals surface area contributed by atoms with Gasteiger partial charge in [-0.2, -0.15) is 0 Å². The van der Waals surface area contributed by atoms with Gasteiger partial charge < -0.3 is 20.1 Å². The number of ether oxygens (including phenoxy) is 1. The monoisotopic (exact) mass is 280 g/mol. The summed E-state index contributed by atoms with van der Waals surface area (Å²) in [5, 5.41) is 13.3. The van der Waals surface area contributed by atoms with E-state index in [1.165, 1.54) is 0 Å². The van der Waals surface area contributed by atoms with Gasteiger partial charge in [-0.3, -0.25) is 0 Å². The highest BCUT2D eigenvalue weighted by molar-refractivity contribution is 7.80. The zero-order valence-electron chi connectivity index (χ0n) is 11.1. The lowest BCUT2D eigenvalue weighted by molar-refractivity contribution is 0.149. The first-order valence-corrected chi connectivity index (χ1v) is 6.98. The third-order valence-corrected chi connectivity index (χ3v) is 3.78. The maximum atomic E-state index is 9.42. The number of hydrogen-bond acceptors (Lipinski definition) is 3. The van der Waals surface area contributed by atoms with Crippen molar-refractivity contribution in [3.63, 3.8) is 0 Å². The van der Waals surface area contributed by atoms with Crippen LogP contribution in [0.4, 0.5) is 5.69 Å². The van der Waals surface area contributed by atoms with Crippen molar-refractivity contribution in [1.82, 2.24) is 4.90 Å². The largest absolute Gasteiger partial charge is 0.495 e. The molecule has 0 bridgehead atoms. The van der Waals surface area contributed by atoms with E-state index < -0.39 is 0 Å². The van der Waals surface area contributed by atoms with Gasteiger partial charge in [0.05, 0.1) is 25.4 Å². The van der Waals surface area contributed by atoms with Crippen molar-refractivity contribution in [2.75, 3.05) is 25.6 Å². The quantitative estimate of drug-likeness (QED) is 0.831. The van der Waals surface area contributed by atoms with Crippen molar-refractivity contribution in [3.05, 3.63) is 24.3 Å². The second kappa shape index (κ2) is 6.73. The van der Waals surface area contributed by atoms with E-state index in [1.54, 1.807) is 7.11 Å². The van der Waals surface area contributed by atoms with E-state index in [1.807, 2.05) is 24.3 Å². The maximum absolute atomic E-state index is 9.42. The zero-order chi connectivity index (χ0) is 13.7. The van der Waals surface area contributed by atoms with Gasteiger partial charge >= 0.3 is 0 Å². The number of piperidine rings is 1. The summed E-state index contributed by atoms with van der Waals surface area (Å²) >= 11 is 5.46. The minimum atomic E-state index is 0.128. The van der Waals surface area contributed by atoms with E-state index in [0.29, 0.717) is 5.11 Å². The number of nitrogens with one attached hydrogen (secondary N) is 1. The summed E-state index contributed by atoms with van der Waals surface area (Å²) in [6.07, 6.45) is 3.26. The van der Waals surface area contributed by atoms with E-state index in [0.717, 1.165) is 37.2 Å². The highest BCUT2D eigenvalue weighted by atomic mass is 32.1. The van der Waals surface area contributed by atoms with Gasteiger partial charge in [-0.25, -0.2) is 0 Å². The predicted octanol–water partition coefficient (Wildman–Crippen LogP) is 2.24. The second-order valence-corrected chi connectivity index (χ2v) is 5.04. The molecule has 1 aliphatic heterocycles. The molecule has 0 saturated carbocycles. The lowest BCUT2D eigenvalue weighted by Crippen LogP contribution is -2.47. The molecule has 0 amide bonds. The SMILES string of the molecule is COc1ccccc1NC(=S)N1CCCCC1CO. The number of rotatable bonds is 3. The lowest BCUT2D eigenvalue weighted by atomic mass is 10.0. The van der Waals surface area contributed by atoms with Gasteiger partial charge in [0, 0.05) is 6.54 Å². The summed E-state index contributed by atoms with van der Waals surface area (Å²) in [6, 6.07) is 7.81. The first-order valence-electron chi connectivity index (χ1n) is 6.57. The van der Waals surface area contributed by atoms with Crippen LogP contribution in [0, 0.1) is 0 Å². The highest BCUT2D eigenvalue weighted by Crippen LogP contribution is 2.25. The summed E-state index contributed by atoms with van der Waals surface area (Å²) in [6.45, 7) is 1.04. The van der Waals surface area contributed by atoms with Crippen LogP contribution in [0.5, 0.6) is 5.75 Å².